The first-order valence-electron chi connectivity index (χ1n) is 9.93. The van der Waals surface area contributed by atoms with Gasteiger partial charge in [-0.05, 0) is 84.8 Å². The molecule has 39 heavy (non-hydrogen) atoms. The molecule has 0 bridgehead atoms. The second-order valence-corrected chi connectivity index (χ2v) is 12.3. The lowest BCUT2D eigenvalue weighted by Gasteiger charge is -2.12. The average molecular weight is 877 g/mol. The van der Waals surface area contributed by atoms with Crippen LogP contribution in [-0.2, 0) is 14.9 Å². The molecule has 0 aliphatic carbocycles. The van der Waals surface area contributed by atoms with Gasteiger partial charge in [0.25, 0.3) is 0 Å². The molecule has 208 valence electrons. The van der Waals surface area contributed by atoms with Crippen molar-refractivity contribution < 1.29 is 54.3 Å². The summed E-state index contributed by atoms with van der Waals surface area (Å²) in [5, 5.41) is 0. The second-order valence-electron chi connectivity index (χ2n) is 7.15. The number of hydrogen-bond acceptors (Lipinski definition) is 7. The Labute approximate surface area is 256 Å². The van der Waals surface area contributed by atoms with E-state index in [4.69, 9.17) is 14.0 Å². The van der Waals surface area contributed by atoms with Gasteiger partial charge in [0.2, 0.25) is 17.4 Å². The molecule has 17 heteroatoms. The van der Waals surface area contributed by atoms with E-state index in [1.54, 1.807) is 34.7 Å². The average Bonchev–Trinajstić information content (AvgIpc) is 2.82. The first-order chi connectivity index (χ1) is 18.1. The molecule has 8 nitrogen and oxygen atoms in total. The van der Waals surface area contributed by atoms with Crippen LogP contribution in [0.25, 0.3) is 0 Å². The maximum absolute atomic E-state index is 14.2. The normalized spacial score (nSPS) is 11.3. The van der Waals surface area contributed by atoms with Crippen LogP contribution in [0, 0.1) is 26.8 Å². The van der Waals surface area contributed by atoms with Crippen LogP contribution >= 0.6 is 70.4 Å². The van der Waals surface area contributed by atoms with Crippen molar-refractivity contribution in [2.45, 2.75) is 4.90 Å². The SMILES string of the molecule is O=C(Oc1c(F)c(F)c(S(=O)(=O)O)c(F)c1F)c1ccc(OCCOC(=O)c2c(Br)cc(Br)cc2Br)c(I)c1. The van der Waals surface area contributed by atoms with E-state index in [1.165, 1.54) is 6.07 Å². The molecule has 3 aromatic rings. The summed E-state index contributed by atoms with van der Waals surface area (Å²) in [5.41, 5.74) is -0.0579. The van der Waals surface area contributed by atoms with Crippen LogP contribution in [0.1, 0.15) is 20.7 Å². The summed E-state index contributed by atoms with van der Waals surface area (Å²) < 4.78 is 104. The monoisotopic (exact) mass is 874 g/mol. The van der Waals surface area contributed by atoms with E-state index in [-0.39, 0.29) is 30.1 Å². The van der Waals surface area contributed by atoms with Crippen LogP contribution in [0.5, 0.6) is 11.5 Å². The highest BCUT2D eigenvalue weighted by Gasteiger charge is 2.34. The molecule has 0 atom stereocenters. The van der Waals surface area contributed by atoms with Crippen LogP contribution in [0.2, 0.25) is 0 Å². The molecule has 0 saturated carbocycles. The first-order valence-corrected chi connectivity index (χ1v) is 14.8. The van der Waals surface area contributed by atoms with Crippen LogP contribution < -0.4 is 9.47 Å². The lowest BCUT2D eigenvalue weighted by molar-refractivity contribution is 0.0447. The number of ether oxygens (including phenoxy) is 3. The Morgan fingerprint density at radius 2 is 1.44 bits per heavy atom. The van der Waals surface area contributed by atoms with Crippen molar-refractivity contribution in [1.29, 1.82) is 0 Å². The highest BCUT2D eigenvalue weighted by atomic mass is 127. The summed E-state index contributed by atoms with van der Waals surface area (Å²) in [5.74, 6) is -13.3. The minimum Gasteiger partial charge on any atom is -0.489 e. The van der Waals surface area contributed by atoms with Gasteiger partial charge in [-0.1, -0.05) is 15.9 Å². The Kier molecular flexibility index (Phi) is 10.4. The first kappa shape index (κ1) is 31.7. The Hall–Kier alpha value is -1.80. The zero-order valence-electron chi connectivity index (χ0n) is 18.5. The molecular weight excluding hydrogens is 867 g/mol. The van der Waals surface area contributed by atoms with E-state index >= 15 is 0 Å². The molecule has 3 aromatic carbocycles. The fourth-order valence-corrected chi connectivity index (χ4v) is 6.78. The molecule has 0 unspecified atom stereocenters. The summed E-state index contributed by atoms with van der Waals surface area (Å²) in [6.45, 7) is -0.241. The number of carbonyl (C=O) groups excluding carboxylic acids is 2. The molecule has 0 aliphatic rings. The molecular formula is C22H10Br3F4IO8S. The fourth-order valence-electron chi connectivity index (χ4n) is 2.90. The molecule has 0 aromatic heterocycles. The fraction of sp³-hybridized carbons (Fsp3) is 0.0909. The highest BCUT2D eigenvalue weighted by Crippen LogP contribution is 2.34. The van der Waals surface area contributed by atoms with Gasteiger partial charge in [0.1, 0.15) is 19.0 Å². The molecule has 3 rings (SSSR count). The summed E-state index contributed by atoms with van der Waals surface area (Å²) in [6, 6.07) is 6.87. The lowest BCUT2D eigenvalue weighted by Crippen LogP contribution is -2.16. The summed E-state index contributed by atoms with van der Waals surface area (Å²) >= 11 is 11.6. The van der Waals surface area contributed by atoms with E-state index in [0.29, 0.717) is 12.5 Å². The maximum atomic E-state index is 14.2. The van der Waals surface area contributed by atoms with Crippen molar-refractivity contribution >= 4 is 92.4 Å². The second kappa shape index (κ2) is 12.8. The van der Waals surface area contributed by atoms with Crippen LogP contribution in [0.15, 0.2) is 48.6 Å². The molecule has 0 radical (unpaired) electrons. The standard InChI is InChI=1S/C22H10Br3F4IO8S/c23-9-6-10(24)14(11(25)7-9)22(32)37-4-3-36-13-2-1-8(5-12(13)30)21(31)38-19-15(26)17(28)20(39(33,34)35)18(29)16(19)27/h1-2,5-7H,3-4H2,(H,33,34,35). The van der Waals surface area contributed by atoms with Crippen molar-refractivity contribution in [2.75, 3.05) is 13.2 Å². The van der Waals surface area contributed by atoms with Crippen molar-refractivity contribution in [2.24, 2.45) is 0 Å². The third-order valence-electron chi connectivity index (χ3n) is 4.59. The largest absolute Gasteiger partial charge is 0.489 e. The molecule has 0 fully saturated rings. The summed E-state index contributed by atoms with van der Waals surface area (Å²) in [6.07, 6.45) is 0. The third kappa shape index (κ3) is 7.29. The number of esters is 2. The smallest absolute Gasteiger partial charge is 0.343 e. The molecule has 0 amide bonds. The van der Waals surface area contributed by atoms with Gasteiger partial charge in [0.15, 0.2) is 16.5 Å². The van der Waals surface area contributed by atoms with Gasteiger partial charge in [-0.25, -0.2) is 18.4 Å². The van der Waals surface area contributed by atoms with E-state index < -0.39 is 56.0 Å². The summed E-state index contributed by atoms with van der Waals surface area (Å²) in [4.78, 5) is 22.4. The van der Waals surface area contributed by atoms with Gasteiger partial charge >= 0.3 is 22.1 Å². The van der Waals surface area contributed by atoms with Gasteiger partial charge in [-0.15, -0.1) is 0 Å². The molecule has 1 N–H and O–H groups in total. The maximum Gasteiger partial charge on any atom is 0.343 e. The lowest BCUT2D eigenvalue weighted by atomic mass is 10.2. The Balaban J connectivity index is 1.67. The minimum absolute atomic E-state index is 0.0909. The predicted octanol–water partition coefficient (Wildman–Crippen LogP) is 6.84. The van der Waals surface area contributed by atoms with Gasteiger partial charge in [-0.3, -0.25) is 4.55 Å². The van der Waals surface area contributed by atoms with Crippen LogP contribution in [-0.4, -0.2) is 38.1 Å². The van der Waals surface area contributed by atoms with Crippen molar-refractivity contribution in [3.05, 3.63) is 81.7 Å². The van der Waals surface area contributed by atoms with Gasteiger partial charge < -0.3 is 14.2 Å². The predicted molar refractivity (Wildman–Crippen MR) is 146 cm³/mol. The quantitative estimate of drug-likeness (QED) is 0.0498. The topological polar surface area (TPSA) is 116 Å². The van der Waals surface area contributed by atoms with Gasteiger partial charge in [-0.2, -0.15) is 17.2 Å². The van der Waals surface area contributed by atoms with E-state index in [9.17, 15) is 35.6 Å². The van der Waals surface area contributed by atoms with Crippen LogP contribution in [0.3, 0.4) is 0 Å². The van der Waals surface area contributed by atoms with Gasteiger partial charge in [0, 0.05) is 13.4 Å². The summed E-state index contributed by atoms with van der Waals surface area (Å²) in [7, 11) is -5.67. The number of halogens is 8. The van der Waals surface area contributed by atoms with E-state index in [2.05, 4.69) is 52.5 Å². The van der Waals surface area contributed by atoms with E-state index in [0.717, 1.165) is 16.6 Å². The third-order valence-corrected chi connectivity index (χ3v) is 8.01. The Morgan fingerprint density at radius 3 is 1.95 bits per heavy atom. The van der Waals surface area contributed by atoms with Crippen molar-refractivity contribution in [1.82, 2.24) is 0 Å². The number of benzene rings is 3. The number of rotatable bonds is 8. The Morgan fingerprint density at radius 1 is 0.872 bits per heavy atom. The zero-order chi connectivity index (χ0) is 29.2. The molecule has 0 saturated heterocycles. The van der Waals surface area contributed by atoms with Crippen molar-refractivity contribution in [3.8, 4) is 11.5 Å². The van der Waals surface area contributed by atoms with Gasteiger partial charge in [0.05, 0.1) is 14.7 Å². The number of carbonyl (C=O) groups is 2. The van der Waals surface area contributed by atoms with Crippen molar-refractivity contribution in [3.63, 3.8) is 0 Å². The molecule has 0 heterocycles. The molecule has 0 aliphatic heterocycles. The minimum atomic E-state index is -5.67. The van der Waals surface area contributed by atoms with E-state index in [1.807, 2.05) is 0 Å². The molecule has 0 spiro atoms. The zero-order valence-corrected chi connectivity index (χ0v) is 26.3. The van der Waals surface area contributed by atoms with Crippen LogP contribution in [0.4, 0.5) is 17.6 Å². The highest BCUT2D eigenvalue weighted by molar-refractivity contribution is 14.1. The number of hydrogen-bond donors (Lipinski definition) is 1. The Bertz CT molecular complexity index is 1550.